The van der Waals surface area contributed by atoms with Gasteiger partial charge in [0.05, 0.1) is 6.10 Å². The highest BCUT2D eigenvalue weighted by molar-refractivity contribution is 5.79. The van der Waals surface area contributed by atoms with Gasteiger partial charge in [-0.15, -0.1) is 10.2 Å². The van der Waals surface area contributed by atoms with Gasteiger partial charge in [0.2, 0.25) is 0 Å². The maximum atomic E-state index is 10.2. The van der Waals surface area contributed by atoms with Gasteiger partial charge >= 0.3 is 0 Å². The van der Waals surface area contributed by atoms with Crippen LogP contribution in [0.1, 0.15) is 37.8 Å². The second-order valence-corrected chi connectivity index (χ2v) is 5.37. The zero-order valence-electron chi connectivity index (χ0n) is 14.3. The summed E-state index contributed by atoms with van der Waals surface area (Å²) in [7, 11) is 0. The molecule has 1 aromatic heterocycles. The number of rotatable bonds is 8. The number of aryl methyl sites for hydroxylation is 1. The lowest BCUT2D eigenvalue weighted by molar-refractivity contribution is 0.168. The monoisotopic (exact) mass is 330 g/mol. The van der Waals surface area contributed by atoms with E-state index in [-0.39, 0.29) is 0 Å². The number of aromatic nitrogens is 3. The van der Waals surface area contributed by atoms with E-state index in [1.165, 1.54) is 0 Å². The van der Waals surface area contributed by atoms with Gasteiger partial charge in [-0.1, -0.05) is 30.3 Å². The first-order valence-electron chi connectivity index (χ1n) is 8.36. The van der Waals surface area contributed by atoms with Crippen LogP contribution >= 0.6 is 0 Å². The lowest BCUT2D eigenvalue weighted by atomic mass is 10.1. The fourth-order valence-electron chi connectivity index (χ4n) is 2.33. The Morgan fingerprint density at radius 2 is 2.04 bits per heavy atom. The fraction of sp³-hybridized carbons (Fsp3) is 0.471. The number of hydrogen-bond donors (Lipinski definition) is 3. The molecule has 2 aromatic rings. The van der Waals surface area contributed by atoms with Crippen molar-refractivity contribution in [1.29, 1.82) is 0 Å². The molecule has 1 aromatic carbocycles. The zero-order chi connectivity index (χ0) is 17.2. The number of nitrogens with zero attached hydrogens (tertiary/aromatic N) is 4. The Bertz CT molecular complexity index is 625. The smallest absolute Gasteiger partial charge is 0.191 e. The van der Waals surface area contributed by atoms with Crippen LogP contribution in [0.3, 0.4) is 0 Å². The average molecular weight is 330 g/mol. The third-order valence-electron chi connectivity index (χ3n) is 3.65. The van der Waals surface area contributed by atoms with Crippen LogP contribution in [0.5, 0.6) is 0 Å². The van der Waals surface area contributed by atoms with Gasteiger partial charge in [0.25, 0.3) is 0 Å². The van der Waals surface area contributed by atoms with Gasteiger partial charge in [-0.3, -0.25) is 0 Å². The molecule has 7 heteroatoms. The molecule has 1 heterocycles. The van der Waals surface area contributed by atoms with Crippen molar-refractivity contribution in [3.8, 4) is 0 Å². The summed E-state index contributed by atoms with van der Waals surface area (Å²) in [5, 5.41) is 24.6. The Kier molecular flexibility index (Phi) is 7.22. The van der Waals surface area contributed by atoms with Crippen molar-refractivity contribution in [2.45, 2.75) is 39.5 Å². The van der Waals surface area contributed by atoms with E-state index in [1.54, 1.807) is 6.33 Å². The highest BCUT2D eigenvalue weighted by Gasteiger charge is 2.07. The lowest BCUT2D eigenvalue weighted by Crippen LogP contribution is -2.38. The summed E-state index contributed by atoms with van der Waals surface area (Å²) < 4.78 is 1.96. The number of aliphatic hydroxyl groups excluding tert-OH is 1. The summed E-state index contributed by atoms with van der Waals surface area (Å²) >= 11 is 0. The van der Waals surface area contributed by atoms with Gasteiger partial charge in [0.15, 0.2) is 11.8 Å². The van der Waals surface area contributed by atoms with E-state index in [2.05, 4.69) is 25.8 Å². The van der Waals surface area contributed by atoms with Crippen LogP contribution in [-0.4, -0.2) is 38.9 Å². The summed E-state index contributed by atoms with van der Waals surface area (Å²) in [4.78, 5) is 4.52. The van der Waals surface area contributed by atoms with Crippen molar-refractivity contribution in [3.63, 3.8) is 0 Å². The molecule has 3 N–H and O–H groups in total. The molecule has 0 amide bonds. The molecule has 0 aliphatic carbocycles. The van der Waals surface area contributed by atoms with Gasteiger partial charge < -0.3 is 20.3 Å². The Labute approximate surface area is 142 Å². The predicted octanol–water partition coefficient (Wildman–Crippen LogP) is 1.48. The maximum absolute atomic E-state index is 10.2. The molecule has 7 nitrogen and oxygen atoms in total. The second kappa shape index (κ2) is 9.67. The highest BCUT2D eigenvalue weighted by Crippen LogP contribution is 2.14. The molecule has 130 valence electrons. The minimum absolute atomic E-state index is 0.463. The van der Waals surface area contributed by atoms with E-state index < -0.39 is 6.10 Å². The predicted molar refractivity (Wildman–Crippen MR) is 94.5 cm³/mol. The topological polar surface area (TPSA) is 87.4 Å². The molecule has 0 bridgehead atoms. The van der Waals surface area contributed by atoms with E-state index in [9.17, 15) is 5.11 Å². The first kappa shape index (κ1) is 17.9. The molecule has 24 heavy (non-hydrogen) atoms. The van der Waals surface area contributed by atoms with E-state index in [0.717, 1.165) is 24.5 Å². The molecule has 1 atom stereocenters. The standard InChI is InChI=1S/C17H26N6O/c1-3-18-17(20-12-16-22-21-13-23(16)4-2)19-11-10-15(24)14-8-6-5-7-9-14/h5-9,13,15,24H,3-4,10-12H2,1-2H3,(H2,18,19,20). The van der Waals surface area contributed by atoms with Crippen molar-refractivity contribution in [1.82, 2.24) is 25.4 Å². The number of nitrogens with one attached hydrogen (secondary N) is 2. The normalized spacial score (nSPS) is 12.9. The van der Waals surface area contributed by atoms with Gasteiger partial charge in [-0.2, -0.15) is 0 Å². The van der Waals surface area contributed by atoms with Crippen molar-refractivity contribution >= 4 is 5.96 Å². The molecule has 0 saturated heterocycles. The van der Waals surface area contributed by atoms with Crippen LogP contribution in [0.15, 0.2) is 41.7 Å². The van der Waals surface area contributed by atoms with Crippen LogP contribution < -0.4 is 10.6 Å². The molecular formula is C17H26N6O. The molecule has 0 aliphatic rings. The quantitative estimate of drug-likeness (QED) is 0.504. The van der Waals surface area contributed by atoms with E-state index in [1.807, 2.05) is 48.7 Å². The van der Waals surface area contributed by atoms with Gasteiger partial charge in [0, 0.05) is 19.6 Å². The first-order valence-corrected chi connectivity index (χ1v) is 8.36. The van der Waals surface area contributed by atoms with Gasteiger partial charge in [-0.05, 0) is 25.8 Å². The van der Waals surface area contributed by atoms with Crippen LogP contribution in [0.4, 0.5) is 0 Å². The SMILES string of the molecule is CCNC(=NCc1nncn1CC)NCCC(O)c1ccccc1. The highest BCUT2D eigenvalue weighted by atomic mass is 16.3. The number of aliphatic imine (C=N–C) groups is 1. The second-order valence-electron chi connectivity index (χ2n) is 5.37. The fourth-order valence-corrected chi connectivity index (χ4v) is 2.33. The minimum Gasteiger partial charge on any atom is -0.388 e. The molecule has 0 saturated carbocycles. The minimum atomic E-state index is -0.482. The number of benzene rings is 1. The summed E-state index contributed by atoms with van der Waals surface area (Å²) in [6.07, 6.45) is 1.84. The Balaban J connectivity index is 1.85. The van der Waals surface area contributed by atoms with E-state index in [4.69, 9.17) is 0 Å². The molecule has 0 fully saturated rings. The summed E-state index contributed by atoms with van der Waals surface area (Å²) in [5.41, 5.74) is 0.928. The first-order chi connectivity index (χ1) is 11.7. The van der Waals surface area contributed by atoms with Crippen molar-refractivity contribution in [3.05, 3.63) is 48.0 Å². The summed E-state index contributed by atoms with van der Waals surface area (Å²) in [6.45, 7) is 6.75. The maximum Gasteiger partial charge on any atom is 0.191 e. The van der Waals surface area contributed by atoms with Crippen molar-refractivity contribution < 1.29 is 5.11 Å². The third-order valence-corrected chi connectivity index (χ3v) is 3.65. The van der Waals surface area contributed by atoms with Crippen LogP contribution in [0.2, 0.25) is 0 Å². The largest absolute Gasteiger partial charge is 0.388 e. The molecule has 1 unspecified atom stereocenters. The van der Waals surface area contributed by atoms with Crippen LogP contribution in [0, 0.1) is 0 Å². The number of aliphatic hydroxyl groups is 1. The van der Waals surface area contributed by atoms with Crippen molar-refractivity contribution in [2.24, 2.45) is 4.99 Å². The number of guanidine groups is 1. The number of hydrogen-bond acceptors (Lipinski definition) is 4. The average Bonchev–Trinajstić information content (AvgIpc) is 3.08. The van der Waals surface area contributed by atoms with Crippen molar-refractivity contribution in [2.75, 3.05) is 13.1 Å². The van der Waals surface area contributed by atoms with Gasteiger partial charge in [0.1, 0.15) is 12.9 Å². The van der Waals surface area contributed by atoms with E-state index in [0.29, 0.717) is 25.5 Å². The Hall–Kier alpha value is -2.41. The molecular weight excluding hydrogens is 304 g/mol. The lowest BCUT2D eigenvalue weighted by Gasteiger charge is -2.14. The van der Waals surface area contributed by atoms with Crippen LogP contribution in [-0.2, 0) is 13.1 Å². The van der Waals surface area contributed by atoms with E-state index >= 15 is 0 Å². The molecule has 0 spiro atoms. The molecule has 0 aliphatic heterocycles. The summed E-state index contributed by atoms with van der Waals surface area (Å²) in [5.74, 6) is 1.54. The Morgan fingerprint density at radius 1 is 1.25 bits per heavy atom. The summed E-state index contributed by atoms with van der Waals surface area (Å²) in [6, 6.07) is 9.67. The van der Waals surface area contributed by atoms with Gasteiger partial charge in [-0.25, -0.2) is 4.99 Å². The molecule has 0 radical (unpaired) electrons. The zero-order valence-corrected chi connectivity index (χ0v) is 14.3. The molecule has 2 rings (SSSR count). The third kappa shape index (κ3) is 5.34. The Morgan fingerprint density at radius 3 is 2.75 bits per heavy atom. The van der Waals surface area contributed by atoms with Crippen LogP contribution in [0.25, 0.3) is 0 Å².